The first-order chi connectivity index (χ1) is 8.61. The fourth-order valence-electron chi connectivity index (χ4n) is 1.88. The standard InChI is InChI=1S/C14H15ClFNS/c1-9-7-13(18-14(9)15)12(17-2)8-10-5-3-4-6-11(10)16/h3-7,12,17H,8H2,1-2H3. The molecule has 1 unspecified atom stereocenters. The Morgan fingerprint density at radius 1 is 1.39 bits per heavy atom. The van der Waals surface area contributed by atoms with E-state index in [1.165, 1.54) is 6.07 Å². The first-order valence-electron chi connectivity index (χ1n) is 5.78. The lowest BCUT2D eigenvalue weighted by Crippen LogP contribution is -2.18. The molecule has 1 heterocycles. The van der Waals surface area contributed by atoms with E-state index in [9.17, 15) is 4.39 Å². The highest BCUT2D eigenvalue weighted by Crippen LogP contribution is 2.32. The molecule has 0 spiro atoms. The Labute approximate surface area is 116 Å². The molecule has 1 nitrogen and oxygen atoms in total. The van der Waals surface area contributed by atoms with Gasteiger partial charge in [-0.15, -0.1) is 11.3 Å². The molecule has 1 aromatic heterocycles. The quantitative estimate of drug-likeness (QED) is 0.879. The van der Waals surface area contributed by atoms with Gasteiger partial charge in [-0.1, -0.05) is 29.8 Å². The molecule has 4 heteroatoms. The monoisotopic (exact) mass is 283 g/mol. The molecule has 0 amide bonds. The molecule has 0 fully saturated rings. The number of aryl methyl sites for hydroxylation is 1. The largest absolute Gasteiger partial charge is 0.312 e. The molecule has 0 aliphatic carbocycles. The van der Waals surface area contributed by atoms with Crippen LogP contribution in [0.25, 0.3) is 0 Å². The van der Waals surface area contributed by atoms with Crippen molar-refractivity contribution in [2.75, 3.05) is 7.05 Å². The summed E-state index contributed by atoms with van der Waals surface area (Å²) in [5, 5.41) is 3.22. The molecule has 0 aliphatic heterocycles. The smallest absolute Gasteiger partial charge is 0.126 e. The summed E-state index contributed by atoms with van der Waals surface area (Å²) in [6.07, 6.45) is 0.624. The van der Waals surface area contributed by atoms with Crippen LogP contribution in [0.1, 0.15) is 22.0 Å². The second-order valence-electron chi connectivity index (χ2n) is 4.24. The van der Waals surface area contributed by atoms with Crippen molar-refractivity contribution in [3.05, 3.63) is 56.5 Å². The molecule has 0 bridgehead atoms. The number of hydrogen-bond donors (Lipinski definition) is 1. The fraction of sp³-hybridized carbons (Fsp3) is 0.286. The normalized spacial score (nSPS) is 12.7. The zero-order valence-corrected chi connectivity index (χ0v) is 11.9. The maximum Gasteiger partial charge on any atom is 0.126 e. The Morgan fingerprint density at radius 2 is 2.11 bits per heavy atom. The lowest BCUT2D eigenvalue weighted by molar-refractivity contribution is 0.560. The van der Waals surface area contributed by atoms with E-state index in [1.807, 2.05) is 26.1 Å². The number of hydrogen-bond acceptors (Lipinski definition) is 2. The van der Waals surface area contributed by atoms with Gasteiger partial charge in [-0.25, -0.2) is 4.39 Å². The molecule has 2 rings (SSSR count). The second kappa shape index (κ2) is 5.83. The third-order valence-corrected chi connectivity index (χ3v) is 4.62. The number of rotatable bonds is 4. The lowest BCUT2D eigenvalue weighted by atomic mass is 10.0. The highest BCUT2D eigenvalue weighted by atomic mass is 35.5. The Hall–Kier alpha value is -0.900. The summed E-state index contributed by atoms with van der Waals surface area (Å²) >= 11 is 7.63. The molecule has 1 aromatic carbocycles. The van der Waals surface area contributed by atoms with E-state index in [1.54, 1.807) is 17.4 Å². The maximum atomic E-state index is 13.6. The zero-order valence-electron chi connectivity index (χ0n) is 10.3. The third-order valence-electron chi connectivity index (χ3n) is 2.95. The van der Waals surface area contributed by atoms with Crippen molar-refractivity contribution in [2.24, 2.45) is 0 Å². The van der Waals surface area contributed by atoms with Crippen LogP contribution in [0.5, 0.6) is 0 Å². The minimum absolute atomic E-state index is 0.0955. The average molecular weight is 284 g/mol. The van der Waals surface area contributed by atoms with Gasteiger partial charge in [-0.3, -0.25) is 0 Å². The molecule has 1 atom stereocenters. The van der Waals surface area contributed by atoms with Crippen LogP contribution in [0, 0.1) is 12.7 Å². The summed E-state index contributed by atoms with van der Waals surface area (Å²) < 4.78 is 14.4. The van der Waals surface area contributed by atoms with Gasteiger partial charge >= 0.3 is 0 Å². The van der Waals surface area contributed by atoms with Gasteiger partial charge in [-0.05, 0) is 43.7 Å². The zero-order chi connectivity index (χ0) is 13.1. The minimum atomic E-state index is -0.155. The Balaban J connectivity index is 2.22. The minimum Gasteiger partial charge on any atom is -0.312 e. The molecular formula is C14H15ClFNS. The maximum absolute atomic E-state index is 13.6. The Morgan fingerprint density at radius 3 is 2.67 bits per heavy atom. The van der Waals surface area contributed by atoms with Crippen LogP contribution in [-0.2, 0) is 6.42 Å². The number of thiophene rings is 1. The van der Waals surface area contributed by atoms with Crippen molar-refractivity contribution >= 4 is 22.9 Å². The molecule has 0 aliphatic rings. The van der Waals surface area contributed by atoms with Crippen LogP contribution in [0.2, 0.25) is 4.34 Å². The molecule has 0 saturated heterocycles. The van der Waals surface area contributed by atoms with Crippen molar-refractivity contribution in [2.45, 2.75) is 19.4 Å². The van der Waals surface area contributed by atoms with Gasteiger partial charge in [0, 0.05) is 10.9 Å². The number of nitrogens with one attached hydrogen (secondary N) is 1. The average Bonchev–Trinajstić information content (AvgIpc) is 2.68. The molecule has 18 heavy (non-hydrogen) atoms. The molecule has 96 valence electrons. The fourth-order valence-corrected chi connectivity index (χ4v) is 3.21. The van der Waals surface area contributed by atoms with E-state index < -0.39 is 0 Å². The van der Waals surface area contributed by atoms with Crippen molar-refractivity contribution in [3.8, 4) is 0 Å². The second-order valence-corrected chi connectivity index (χ2v) is 5.93. The van der Waals surface area contributed by atoms with Crippen LogP contribution in [0.3, 0.4) is 0 Å². The predicted octanol–water partition coefficient (Wildman–Crippen LogP) is 4.35. The van der Waals surface area contributed by atoms with Gasteiger partial charge < -0.3 is 5.32 Å². The van der Waals surface area contributed by atoms with Gasteiger partial charge in [0.25, 0.3) is 0 Å². The van der Waals surface area contributed by atoms with Gasteiger partial charge in [-0.2, -0.15) is 0 Å². The summed E-state index contributed by atoms with van der Waals surface area (Å²) in [5.41, 5.74) is 1.80. The van der Waals surface area contributed by atoms with E-state index in [0.29, 0.717) is 6.42 Å². The third kappa shape index (κ3) is 2.91. The molecule has 0 radical (unpaired) electrons. The van der Waals surface area contributed by atoms with E-state index in [-0.39, 0.29) is 11.9 Å². The summed E-state index contributed by atoms with van der Waals surface area (Å²) in [7, 11) is 1.88. The lowest BCUT2D eigenvalue weighted by Gasteiger charge is -2.14. The van der Waals surface area contributed by atoms with Crippen LogP contribution >= 0.6 is 22.9 Å². The molecular weight excluding hydrogens is 269 g/mol. The summed E-state index contributed by atoms with van der Waals surface area (Å²) in [6.45, 7) is 1.98. The van der Waals surface area contributed by atoms with Crippen LogP contribution in [0.4, 0.5) is 4.39 Å². The highest BCUT2D eigenvalue weighted by Gasteiger charge is 2.15. The highest BCUT2D eigenvalue weighted by molar-refractivity contribution is 7.16. The van der Waals surface area contributed by atoms with Crippen molar-refractivity contribution in [3.63, 3.8) is 0 Å². The number of halogens is 2. The van der Waals surface area contributed by atoms with Crippen LogP contribution < -0.4 is 5.32 Å². The van der Waals surface area contributed by atoms with Gasteiger partial charge in [0.05, 0.1) is 4.34 Å². The molecule has 0 saturated carbocycles. The molecule has 2 aromatic rings. The van der Waals surface area contributed by atoms with Crippen LogP contribution in [-0.4, -0.2) is 7.05 Å². The summed E-state index contributed by atoms with van der Waals surface area (Å²) in [4.78, 5) is 1.14. The Bertz CT molecular complexity index is 519. The van der Waals surface area contributed by atoms with E-state index in [2.05, 4.69) is 11.4 Å². The predicted molar refractivity (Wildman–Crippen MR) is 76.0 cm³/mol. The first kappa shape index (κ1) is 13.5. The van der Waals surface area contributed by atoms with Crippen molar-refractivity contribution in [1.29, 1.82) is 0 Å². The van der Waals surface area contributed by atoms with E-state index in [0.717, 1.165) is 20.3 Å². The number of benzene rings is 1. The van der Waals surface area contributed by atoms with Crippen molar-refractivity contribution in [1.82, 2.24) is 5.32 Å². The van der Waals surface area contributed by atoms with E-state index in [4.69, 9.17) is 11.6 Å². The summed E-state index contributed by atoms with van der Waals surface area (Å²) in [5.74, 6) is -0.155. The first-order valence-corrected chi connectivity index (χ1v) is 6.97. The topological polar surface area (TPSA) is 12.0 Å². The Kier molecular flexibility index (Phi) is 4.38. The summed E-state index contributed by atoms with van der Waals surface area (Å²) in [6, 6.07) is 9.04. The van der Waals surface area contributed by atoms with Crippen LogP contribution in [0.15, 0.2) is 30.3 Å². The van der Waals surface area contributed by atoms with E-state index >= 15 is 0 Å². The SMILES string of the molecule is CNC(Cc1ccccc1F)c1cc(C)c(Cl)s1. The number of likely N-dealkylation sites (N-methyl/N-ethyl adjacent to an activating group) is 1. The molecule has 1 N–H and O–H groups in total. The van der Waals surface area contributed by atoms with Crippen molar-refractivity contribution < 1.29 is 4.39 Å². The van der Waals surface area contributed by atoms with Gasteiger partial charge in [0.1, 0.15) is 5.82 Å². The van der Waals surface area contributed by atoms with Gasteiger partial charge in [0.2, 0.25) is 0 Å². The van der Waals surface area contributed by atoms with Gasteiger partial charge in [0.15, 0.2) is 0 Å².